The summed E-state index contributed by atoms with van der Waals surface area (Å²) in [5.41, 5.74) is 5.86. The molecule has 6 nitrogen and oxygen atoms in total. The third-order valence-corrected chi connectivity index (χ3v) is 6.09. The highest BCUT2D eigenvalue weighted by Gasteiger charge is 2.28. The van der Waals surface area contributed by atoms with Gasteiger partial charge in [-0.05, 0) is 44.7 Å². The molecule has 8 heteroatoms. The molecule has 0 bridgehead atoms. The van der Waals surface area contributed by atoms with Crippen LogP contribution in [0.25, 0.3) is 0 Å². The number of benzene rings is 1. The van der Waals surface area contributed by atoms with E-state index in [0.29, 0.717) is 37.2 Å². The number of nitrogens with one attached hydrogen (secondary N) is 1. The van der Waals surface area contributed by atoms with Crippen molar-refractivity contribution in [2.24, 2.45) is 11.7 Å². The van der Waals surface area contributed by atoms with Gasteiger partial charge in [0.1, 0.15) is 0 Å². The molecule has 0 radical (unpaired) electrons. The van der Waals surface area contributed by atoms with Gasteiger partial charge in [0.15, 0.2) is 11.5 Å². The maximum Gasteiger partial charge on any atom is 0.241 e. The fraction of sp³-hybridized carbons (Fsp3) is 0.667. The van der Waals surface area contributed by atoms with E-state index >= 15 is 0 Å². The molecular weight excluding hydrogens is 376 g/mol. The average molecular weight is 407 g/mol. The molecule has 1 atom stereocenters. The van der Waals surface area contributed by atoms with Gasteiger partial charge in [-0.2, -0.15) is 0 Å². The summed E-state index contributed by atoms with van der Waals surface area (Å²) in [5, 5.41) is 0. The van der Waals surface area contributed by atoms with Crippen molar-refractivity contribution in [3.63, 3.8) is 0 Å². The summed E-state index contributed by atoms with van der Waals surface area (Å²) in [6, 6.07) is 4.48. The van der Waals surface area contributed by atoms with Crippen LogP contribution in [0.5, 0.6) is 11.5 Å². The van der Waals surface area contributed by atoms with Crippen LogP contribution in [0, 0.1) is 5.92 Å². The minimum atomic E-state index is -3.66. The fourth-order valence-electron chi connectivity index (χ4n) is 3.34. The van der Waals surface area contributed by atoms with E-state index in [1.807, 2.05) is 13.8 Å². The van der Waals surface area contributed by atoms with E-state index in [0.717, 1.165) is 25.7 Å². The van der Waals surface area contributed by atoms with Gasteiger partial charge >= 0.3 is 0 Å². The van der Waals surface area contributed by atoms with Gasteiger partial charge in [-0.25, -0.2) is 13.1 Å². The van der Waals surface area contributed by atoms with Crippen molar-refractivity contribution in [1.82, 2.24) is 4.72 Å². The van der Waals surface area contributed by atoms with Crippen LogP contribution in [0.2, 0.25) is 0 Å². The van der Waals surface area contributed by atoms with Crippen LogP contribution in [-0.2, 0) is 10.0 Å². The predicted molar refractivity (Wildman–Crippen MR) is 106 cm³/mol. The van der Waals surface area contributed by atoms with E-state index < -0.39 is 10.0 Å². The van der Waals surface area contributed by atoms with E-state index in [4.69, 9.17) is 15.2 Å². The zero-order chi connectivity index (χ0) is 18.3. The maximum absolute atomic E-state index is 12.8. The largest absolute Gasteiger partial charge is 0.490 e. The van der Waals surface area contributed by atoms with Gasteiger partial charge in [0, 0.05) is 18.7 Å². The predicted octanol–water partition coefficient (Wildman–Crippen LogP) is 3.09. The van der Waals surface area contributed by atoms with Gasteiger partial charge in [-0.1, -0.05) is 19.3 Å². The number of halogens is 1. The van der Waals surface area contributed by atoms with Crippen LogP contribution in [-0.4, -0.2) is 34.2 Å². The van der Waals surface area contributed by atoms with Crippen LogP contribution in [0.3, 0.4) is 0 Å². The molecule has 0 amide bonds. The SMILES string of the molecule is CCOc1ccc(S(=O)(=O)NC(CN)C2CCCCC2)cc1OCC.Cl. The Labute approximate surface area is 163 Å². The smallest absolute Gasteiger partial charge is 0.241 e. The van der Waals surface area contributed by atoms with Gasteiger partial charge in [0.25, 0.3) is 0 Å². The topological polar surface area (TPSA) is 90.7 Å². The number of ether oxygens (including phenoxy) is 2. The van der Waals surface area contributed by atoms with Gasteiger partial charge in [0.2, 0.25) is 10.0 Å². The summed E-state index contributed by atoms with van der Waals surface area (Å²) in [6.07, 6.45) is 5.55. The van der Waals surface area contributed by atoms with Gasteiger partial charge in [-0.3, -0.25) is 0 Å². The summed E-state index contributed by atoms with van der Waals surface area (Å²) in [7, 11) is -3.66. The Kier molecular flexibility index (Phi) is 9.71. The van der Waals surface area contributed by atoms with E-state index in [1.54, 1.807) is 12.1 Å². The number of nitrogens with two attached hydrogens (primary N) is 1. The highest BCUT2D eigenvalue weighted by molar-refractivity contribution is 7.89. The molecule has 1 aliphatic rings. The Morgan fingerprint density at radius 2 is 1.73 bits per heavy atom. The lowest BCUT2D eigenvalue weighted by molar-refractivity contribution is 0.286. The van der Waals surface area contributed by atoms with Crippen molar-refractivity contribution in [3.05, 3.63) is 18.2 Å². The van der Waals surface area contributed by atoms with Crippen molar-refractivity contribution >= 4 is 22.4 Å². The van der Waals surface area contributed by atoms with Crippen LogP contribution < -0.4 is 19.9 Å². The molecule has 1 aromatic carbocycles. The zero-order valence-electron chi connectivity index (χ0n) is 15.6. The van der Waals surface area contributed by atoms with Crippen LogP contribution >= 0.6 is 12.4 Å². The average Bonchev–Trinajstić information content (AvgIpc) is 2.62. The number of sulfonamides is 1. The van der Waals surface area contributed by atoms with E-state index in [1.165, 1.54) is 12.5 Å². The molecular formula is C18H31ClN2O4S. The Morgan fingerprint density at radius 3 is 2.31 bits per heavy atom. The van der Waals surface area contributed by atoms with Crippen LogP contribution in [0.4, 0.5) is 0 Å². The Hall–Kier alpha value is -1.02. The summed E-state index contributed by atoms with van der Waals surface area (Å²) in [5.74, 6) is 1.29. The molecule has 150 valence electrons. The van der Waals surface area contributed by atoms with Crippen LogP contribution in [0.1, 0.15) is 46.0 Å². The Balaban J connectivity index is 0.00000338. The molecule has 1 aliphatic carbocycles. The first-order valence-corrected chi connectivity index (χ1v) is 10.6. The number of hydrogen-bond acceptors (Lipinski definition) is 5. The minimum Gasteiger partial charge on any atom is -0.490 e. The Morgan fingerprint density at radius 1 is 1.12 bits per heavy atom. The second-order valence-corrected chi connectivity index (χ2v) is 8.05. The molecule has 1 saturated carbocycles. The number of rotatable bonds is 9. The fourth-order valence-corrected chi connectivity index (χ4v) is 4.67. The molecule has 1 fully saturated rings. The van der Waals surface area contributed by atoms with Crippen molar-refractivity contribution in [1.29, 1.82) is 0 Å². The van der Waals surface area contributed by atoms with E-state index in [2.05, 4.69) is 4.72 Å². The van der Waals surface area contributed by atoms with Crippen molar-refractivity contribution in [3.8, 4) is 11.5 Å². The zero-order valence-corrected chi connectivity index (χ0v) is 17.2. The molecule has 2 rings (SSSR count). The first-order valence-electron chi connectivity index (χ1n) is 9.13. The van der Waals surface area contributed by atoms with Gasteiger partial charge in [-0.15, -0.1) is 12.4 Å². The molecule has 0 spiro atoms. The lowest BCUT2D eigenvalue weighted by Crippen LogP contribution is -2.45. The quantitative estimate of drug-likeness (QED) is 0.657. The minimum absolute atomic E-state index is 0. The monoisotopic (exact) mass is 406 g/mol. The number of hydrogen-bond donors (Lipinski definition) is 2. The molecule has 0 saturated heterocycles. The Bertz CT molecular complexity index is 649. The highest BCUT2D eigenvalue weighted by atomic mass is 35.5. The third kappa shape index (κ3) is 6.01. The summed E-state index contributed by atoms with van der Waals surface area (Å²) < 4.78 is 39.4. The van der Waals surface area contributed by atoms with Gasteiger partial charge < -0.3 is 15.2 Å². The molecule has 1 unspecified atom stereocenters. The summed E-state index contributed by atoms with van der Waals surface area (Å²) in [4.78, 5) is 0.175. The molecule has 26 heavy (non-hydrogen) atoms. The van der Waals surface area contributed by atoms with Crippen molar-refractivity contribution in [2.45, 2.75) is 56.9 Å². The van der Waals surface area contributed by atoms with Gasteiger partial charge in [0.05, 0.1) is 18.1 Å². The van der Waals surface area contributed by atoms with Crippen molar-refractivity contribution < 1.29 is 17.9 Å². The normalized spacial score (nSPS) is 16.6. The van der Waals surface area contributed by atoms with E-state index in [9.17, 15) is 8.42 Å². The first-order chi connectivity index (χ1) is 12.0. The third-order valence-electron chi connectivity index (χ3n) is 4.60. The highest BCUT2D eigenvalue weighted by Crippen LogP contribution is 2.31. The summed E-state index contributed by atoms with van der Waals surface area (Å²) >= 11 is 0. The second-order valence-electron chi connectivity index (χ2n) is 6.34. The standard InChI is InChI=1S/C18H30N2O4S.ClH/c1-3-23-17-11-10-15(12-18(17)24-4-2)25(21,22)20-16(13-19)14-8-6-5-7-9-14;/h10-12,14,16,20H,3-9,13,19H2,1-2H3;1H. The molecule has 0 aliphatic heterocycles. The summed E-state index contributed by atoms with van der Waals surface area (Å²) in [6.45, 7) is 4.95. The molecule has 0 aromatic heterocycles. The molecule has 3 N–H and O–H groups in total. The molecule has 0 heterocycles. The van der Waals surface area contributed by atoms with Crippen molar-refractivity contribution in [2.75, 3.05) is 19.8 Å². The molecule has 1 aromatic rings. The lowest BCUT2D eigenvalue weighted by Gasteiger charge is -2.29. The van der Waals surface area contributed by atoms with Crippen LogP contribution in [0.15, 0.2) is 23.1 Å². The lowest BCUT2D eigenvalue weighted by atomic mass is 9.84. The second kappa shape index (κ2) is 11.0. The van der Waals surface area contributed by atoms with E-state index in [-0.39, 0.29) is 23.3 Å². The first kappa shape index (κ1) is 23.0. The maximum atomic E-state index is 12.8.